The van der Waals surface area contributed by atoms with Crippen molar-refractivity contribution in [3.63, 3.8) is 0 Å². The van der Waals surface area contributed by atoms with E-state index in [4.69, 9.17) is 4.42 Å². The lowest BCUT2D eigenvalue weighted by Crippen LogP contribution is -2.50. The van der Waals surface area contributed by atoms with Gasteiger partial charge in [0.2, 0.25) is 5.91 Å². The fraction of sp³-hybridized carbons (Fsp3) is 0.333. The zero-order valence-electron chi connectivity index (χ0n) is 14.0. The van der Waals surface area contributed by atoms with Gasteiger partial charge in [0.15, 0.2) is 0 Å². The summed E-state index contributed by atoms with van der Waals surface area (Å²) in [5.41, 5.74) is 0.309. The van der Waals surface area contributed by atoms with Crippen LogP contribution in [0.4, 0.5) is 4.39 Å². The molecule has 0 saturated heterocycles. The molecule has 0 aliphatic rings. The quantitative estimate of drug-likeness (QED) is 0.885. The van der Waals surface area contributed by atoms with Gasteiger partial charge in [-0.1, -0.05) is 13.8 Å². The summed E-state index contributed by atoms with van der Waals surface area (Å²) in [6.07, 6.45) is 1.55. The Kier molecular flexibility index (Phi) is 5.73. The van der Waals surface area contributed by atoms with Gasteiger partial charge in [-0.15, -0.1) is 0 Å². The molecular weight excluding hydrogens is 311 g/mol. The minimum Gasteiger partial charge on any atom is -0.467 e. The van der Waals surface area contributed by atoms with Crippen LogP contribution in [-0.2, 0) is 11.3 Å². The molecule has 0 spiro atoms. The van der Waals surface area contributed by atoms with Crippen LogP contribution in [-0.4, -0.2) is 29.8 Å². The molecule has 0 radical (unpaired) electrons. The standard InChI is InChI=1S/C18H21FN2O3/c1-12(2)16(18(23)21(3)11-15-5-4-10-24-15)20-17(22)13-6-8-14(19)9-7-13/h4-10,12,16H,11H2,1-3H3,(H,20,22). The van der Waals surface area contributed by atoms with Gasteiger partial charge in [-0.3, -0.25) is 9.59 Å². The SMILES string of the molecule is CC(C)C(NC(=O)c1ccc(F)cc1)C(=O)N(C)Cc1ccco1. The van der Waals surface area contributed by atoms with Gasteiger partial charge in [-0.2, -0.15) is 0 Å². The predicted molar refractivity (Wildman–Crippen MR) is 87.7 cm³/mol. The molecule has 0 aliphatic carbocycles. The smallest absolute Gasteiger partial charge is 0.251 e. The number of hydrogen-bond acceptors (Lipinski definition) is 3. The minimum atomic E-state index is -0.678. The lowest BCUT2D eigenvalue weighted by atomic mass is 10.0. The van der Waals surface area contributed by atoms with Crippen molar-refractivity contribution in [3.8, 4) is 0 Å². The van der Waals surface area contributed by atoms with Crippen LogP contribution >= 0.6 is 0 Å². The van der Waals surface area contributed by atoms with Crippen molar-refractivity contribution in [1.29, 1.82) is 0 Å². The van der Waals surface area contributed by atoms with E-state index in [0.29, 0.717) is 17.9 Å². The molecule has 5 nitrogen and oxygen atoms in total. The summed E-state index contributed by atoms with van der Waals surface area (Å²) in [7, 11) is 1.66. The van der Waals surface area contributed by atoms with Crippen molar-refractivity contribution in [2.24, 2.45) is 5.92 Å². The third-order valence-electron chi connectivity index (χ3n) is 3.68. The van der Waals surface area contributed by atoms with Crippen molar-refractivity contribution in [1.82, 2.24) is 10.2 Å². The number of rotatable bonds is 6. The molecule has 2 amide bonds. The molecule has 1 atom stereocenters. The second-order valence-corrected chi connectivity index (χ2v) is 5.98. The number of hydrogen-bond donors (Lipinski definition) is 1. The Hall–Kier alpha value is -2.63. The highest BCUT2D eigenvalue weighted by Gasteiger charge is 2.27. The van der Waals surface area contributed by atoms with E-state index in [0.717, 1.165) is 0 Å². The first-order valence-electron chi connectivity index (χ1n) is 7.72. The number of furan rings is 1. The Labute approximate surface area is 140 Å². The maximum Gasteiger partial charge on any atom is 0.251 e. The van der Waals surface area contributed by atoms with E-state index in [9.17, 15) is 14.0 Å². The highest BCUT2D eigenvalue weighted by atomic mass is 19.1. The predicted octanol–water partition coefficient (Wildman–Crippen LogP) is 2.83. The van der Waals surface area contributed by atoms with E-state index in [1.807, 2.05) is 13.8 Å². The van der Waals surface area contributed by atoms with Crippen LogP contribution in [0.3, 0.4) is 0 Å². The van der Waals surface area contributed by atoms with E-state index >= 15 is 0 Å². The van der Waals surface area contributed by atoms with Gasteiger partial charge in [0, 0.05) is 12.6 Å². The number of amides is 2. The van der Waals surface area contributed by atoms with Crippen LogP contribution in [0.2, 0.25) is 0 Å². The molecule has 1 unspecified atom stereocenters. The number of likely N-dealkylation sites (N-methyl/N-ethyl adjacent to an activating group) is 1. The first-order chi connectivity index (χ1) is 11.4. The molecule has 2 aromatic rings. The highest BCUT2D eigenvalue weighted by Crippen LogP contribution is 2.11. The summed E-state index contributed by atoms with van der Waals surface area (Å²) in [5.74, 6) is -0.467. The summed E-state index contributed by atoms with van der Waals surface area (Å²) in [5, 5.41) is 2.73. The average molecular weight is 332 g/mol. The Morgan fingerprint density at radius 2 is 1.88 bits per heavy atom. The Bertz CT molecular complexity index is 681. The number of nitrogens with zero attached hydrogens (tertiary/aromatic N) is 1. The van der Waals surface area contributed by atoms with Crippen molar-refractivity contribution < 1.29 is 18.4 Å². The molecule has 0 bridgehead atoms. The molecule has 24 heavy (non-hydrogen) atoms. The summed E-state index contributed by atoms with van der Waals surface area (Å²) < 4.78 is 18.2. The molecular formula is C18H21FN2O3. The van der Waals surface area contributed by atoms with Gasteiger partial charge in [-0.25, -0.2) is 4.39 Å². The van der Waals surface area contributed by atoms with Crippen LogP contribution in [0.5, 0.6) is 0 Å². The topological polar surface area (TPSA) is 62.6 Å². The largest absolute Gasteiger partial charge is 0.467 e. The molecule has 6 heteroatoms. The molecule has 1 aromatic heterocycles. The summed E-state index contributed by atoms with van der Waals surface area (Å²) in [4.78, 5) is 26.4. The second kappa shape index (κ2) is 7.77. The van der Waals surface area contributed by atoms with E-state index in [2.05, 4.69) is 5.32 Å². The normalized spacial score (nSPS) is 12.0. The average Bonchev–Trinajstić information content (AvgIpc) is 3.05. The van der Waals surface area contributed by atoms with Gasteiger partial charge in [-0.05, 0) is 42.3 Å². The summed E-state index contributed by atoms with van der Waals surface area (Å²) in [6, 6.07) is 8.06. The number of carbonyl (C=O) groups is 2. The molecule has 0 fully saturated rings. The van der Waals surface area contributed by atoms with E-state index < -0.39 is 17.8 Å². The fourth-order valence-corrected chi connectivity index (χ4v) is 2.29. The zero-order valence-corrected chi connectivity index (χ0v) is 14.0. The molecule has 1 heterocycles. The molecule has 0 aliphatic heterocycles. The monoisotopic (exact) mass is 332 g/mol. The number of nitrogens with one attached hydrogen (secondary N) is 1. The third-order valence-corrected chi connectivity index (χ3v) is 3.68. The number of carbonyl (C=O) groups excluding carboxylic acids is 2. The van der Waals surface area contributed by atoms with Crippen LogP contribution in [0.1, 0.15) is 30.0 Å². The minimum absolute atomic E-state index is 0.0963. The van der Waals surface area contributed by atoms with E-state index in [1.165, 1.54) is 29.2 Å². The first-order valence-corrected chi connectivity index (χ1v) is 7.72. The Morgan fingerprint density at radius 3 is 2.42 bits per heavy atom. The van der Waals surface area contributed by atoms with Crippen LogP contribution in [0.25, 0.3) is 0 Å². The molecule has 1 aromatic carbocycles. The van der Waals surface area contributed by atoms with Crippen LogP contribution in [0.15, 0.2) is 47.1 Å². The number of benzene rings is 1. The van der Waals surface area contributed by atoms with Gasteiger partial charge < -0.3 is 14.6 Å². The maximum atomic E-state index is 13.0. The van der Waals surface area contributed by atoms with E-state index in [1.54, 1.807) is 25.4 Å². The molecule has 0 saturated carbocycles. The van der Waals surface area contributed by atoms with Crippen LogP contribution < -0.4 is 5.32 Å². The van der Waals surface area contributed by atoms with Gasteiger partial charge >= 0.3 is 0 Å². The van der Waals surface area contributed by atoms with Crippen LogP contribution in [0, 0.1) is 11.7 Å². The molecule has 128 valence electrons. The first kappa shape index (κ1) is 17.7. The number of halogens is 1. The third kappa shape index (κ3) is 4.44. The second-order valence-electron chi connectivity index (χ2n) is 5.98. The van der Waals surface area contributed by atoms with Gasteiger partial charge in [0.05, 0.1) is 12.8 Å². The zero-order chi connectivity index (χ0) is 17.7. The molecule has 2 rings (SSSR count). The summed E-state index contributed by atoms with van der Waals surface area (Å²) in [6.45, 7) is 4.03. The van der Waals surface area contributed by atoms with Gasteiger partial charge in [0.25, 0.3) is 5.91 Å². The Morgan fingerprint density at radius 1 is 1.21 bits per heavy atom. The van der Waals surface area contributed by atoms with E-state index in [-0.39, 0.29) is 11.8 Å². The lowest BCUT2D eigenvalue weighted by molar-refractivity contribution is -0.133. The Balaban J connectivity index is 2.06. The highest BCUT2D eigenvalue weighted by molar-refractivity contribution is 5.97. The summed E-state index contributed by atoms with van der Waals surface area (Å²) >= 11 is 0. The fourth-order valence-electron chi connectivity index (χ4n) is 2.29. The van der Waals surface area contributed by atoms with Crippen molar-refractivity contribution >= 4 is 11.8 Å². The van der Waals surface area contributed by atoms with Gasteiger partial charge in [0.1, 0.15) is 17.6 Å². The van der Waals surface area contributed by atoms with Crippen molar-refractivity contribution in [3.05, 3.63) is 59.8 Å². The molecule has 1 N–H and O–H groups in total. The maximum absolute atomic E-state index is 13.0. The van der Waals surface area contributed by atoms with Crippen molar-refractivity contribution in [2.45, 2.75) is 26.4 Å². The van der Waals surface area contributed by atoms with Crippen molar-refractivity contribution in [2.75, 3.05) is 7.05 Å². The lowest BCUT2D eigenvalue weighted by Gasteiger charge is -2.26.